The molecule has 0 aliphatic carbocycles. The molecule has 0 aliphatic heterocycles. The Hall–Kier alpha value is -3.41. The van der Waals surface area contributed by atoms with Crippen LogP contribution in [0.1, 0.15) is 0 Å². The van der Waals surface area contributed by atoms with E-state index in [4.69, 9.17) is 9.47 Å². The van der Waals surface area contributed by atoms with E-state index in [9.17, 15) is 4.79 Å². The third kappa shape index (κ3) is 3.67. The Balaban J connectivity index is 1.69. The number of hydrogen-bond donors (Lipinski definition) is 1. The van der Waals surface area contributed by atoms with E-state index in [0.717, 1.165) is 5.56 Å². The van der Waals surface area contributed by atoms with Gasteiger partial charge in [0.05, 0.1) is 25.2 Å². The molecule has 3 aromatic rings. The lowest BCUT2D eigenvalue weighted by Crippen LogP contribution is -2.17. The fourth-order valence-corrected chi connectivity index (χ4v) is 2.11. The molecule has 0 radical (unpaired) electrons. The molecular formula is C18H15N3O3. The molecular weight excluding hydrogens is 306 g/mol. The highest BCUT2D eigenvalue weighted by molar-refractivity contribution is 5.85. The summed E-state index contributed by atoms with van der Waals surface area (Å²) >= 11 is 0. The molecule has 0 aliphatic rings. The van der Waals surface area contributed by atoms with Crippen LogP contribution in [0.5, 0.6) is 11.5 Å². The number of rotatable bonds is 4. The normalized spacial score (nSPS) is 10.0. The van der Waals surface area contributed by atoms with Crippen LogP contribution in [0.4, 0.5) is 10.6 Å². The fraction of sp³-hybridized carbons (Fsp3) is 0.0556. The number of amides is 1. The Morgan fingerprint density at radius 2 is 1.71 bits per heavy atom. The van der Waals surface area contributed by atoms with E-state index in [1.165, 1.54) is 6.20 Å². The van der Waals surface area contributed by atoms with Gasteiger partial charge in [0, 0.05) is 5.56 Å². The first-order valence-electron chi connectivity index (χ1n) is 7.25. The van der Waals surface area contributed by atoms with E-state index >= 15 is 0 Å². The molecule has 1 amide bonds. The number of anilines is 1. The zero-order valence-electron chi connectivity index (χ0n) is 13.0. The molecule has 6 nitrogen and oxygen atoms in total. The predicted molar refractivity (Wildman–Crippen MR) is 90.1 cm³/mol. The molecule has 0 spiro atoms. The SMILES string of the molecule is COc1ccccc1-c1cnc(NC(=O)Oc2ccccc2)cn1. The summed E-state index contributed by atoms with van der Waals surface area (Å²) < 4.78 is 10.4. The molecule has 1 aromatic heterocycles. The minimum atomic E-state index is -0.624. The number of para-hydroxylation sites is 2. The standard InChI is InChI=1S/C18H15N3O3/c1-23-16-10-6-5-9-14(16)15-11-20-17(12-19-15)21-18(22)24-13-7-3-2-4-8-13/h2-12H,1H3,(H,20,21,22). The first-order chi connectivity index (χ1) is 11.8. The van der Waals surface area contributed by atoms with E-state index in [1.54, 1.807) is 37.6 Å². The largest absolute Gasteiger partial charge is 0.496 e. The van der Waals surface area contributed by atoms with Crippen LogP contribution in [-0.4, -0.2) is 23.2 Å². The molecule has 1 N–H and O–H groups in total. The van der Waals surface area contributed by atoms with Crippen LogP contribution in [0.2, 0.25) is 0 Å². The number of hydrogen-bond acceptors (Lipinski definition) is 5. The van der Waals surface area contributed by atoms with Crippen LogP contribution in [0.3, 0.4) is 0 Å². The number of methoxy groups -OCH3 is 1. The molecule has 0 unspecified atom stereocenters. The minimum Gasteiger partial charge on any atom is -0.496 e. The maximum Gasteiger partial charge on any atom is 0.418 e. The Kier molecular flexibility index (Phi) is 4.67. The molecule has 1 heterocycles. The second-order valence-electron chi connectivity index (χ2n) is 4.81. The summed E-state index contributed by atoms with van der Waals surface area (Å²) in [5, 5.41) is 2.53. The molecule has 3 rings (SSSR count). The molecule has 6 heteroatoms. The highest BCUT2D eigenvalue weighted by Crippen LogP contribution is 2.27. The van der Waals surface area contributed by atoms with Crippen LogP contribution < -0.4 is 14.8 Å². The van der Waals surface area contributed by atoms with Gasteiger partial charge in [-0.05, 0) is 24.3 Å². The summed E-state index contributed by atoms with van der Waals surface area (Å²) in [6, 6.07) is 16.3. The van der Waals surface area contributed by atoms with Crippen molar-refractivity contribution in [2.75, 3.05) is 12.4 Å². The summed E-state index contributed by atoms with van der Waals surface area (Å²) in [5.41, 5.74) is 1.47. The Bertz CT molecular complexity index is 820. The molecule has 0 bridgehead atoms. The molecule has 120 valence electrons. The lowest BCUT2D eigenvalue weighted by molar-refractivity contribution is 0.215. The number of ether oxygens (including phenoxy) is 2. The number of nitrogens with zero attached hydrogens (tertiary/aromatic N) is 2. The van der Waals surface area contributed by atoms with Crippen molar-refractivity contribution in [2.45, 2.75) is 0 Å². The van der Waals surface area contributed by atoms with Gasteiger partial charge < -0.3 is 9.47 Å². The van der Waals surface area contributed by atoms with Crippen LogP contribution in [-0.2, 0) is 0 Å². The van der Waals surface area contributed by atoms with Gasteiger partial charge >= 0.3 is 6.09 Å². The van der Waals surface area contributed by atoms with Crippen LogP contribution >= 0.6 is 0 Å². The van der Waals surface area contributed by atoms with Crippen molar-refractivity contribution in [3.63, 3.8) is 0 Å². The first-order valence-corrected chi connectivity index (χ1v) is 7.25. The van der Waals surface area contributed by atoms with Crippen molar-refractivity contribution < 1.29 is 14.3 Å². The van der Waals surface area contributed by atoms with E-state index in [1.807, 2.05) is 30.3 Å². The molecule has 2 aromatic carbocycles. The Morgan fingerprint density at radius 1 is 0.958 bits per heavy atom. The molecule has 0 fully saturated rings. The lowest BCUT2D eigenvalue weighted by atomic mass is 10.1. The summed E-state index contributed by atoms with van der Waals surface area (Å²) in [5.74, 6) is 1.46. The second kappa shape index (κ2) is 7.23. The van der Waals surface area contributed by atoms with Crippen molar-refractivity contribution in [1.82, 2.24) is 9.97 Å². The highest BCUT2D eigenvalue weighted by Gasteiger charge is 2.09. The van der Waals surface area contributed by atoms with Crippen LogP contribution in [0.25, 0.3) is 11.3 Å². The first kappa shape index (κ1) is 15.5. The van der Waals surface area contributed by atoms with E-state index in [0.29, 0.717) is 23.0 Å². The van der Waals surface area contributed by atoms with Crippen molar-refractivity contribution >= 4 is 11.9 Å². The van der Waals surface area contributed by atoms with Crippen molar-refractivity contribution in [2.24, 2.45) is 0 Å². The zero-order chi connectivity index (χ0) is 16.8. The fourth-order valence-electron chi connectivity index (χ4n) is 2.11. The van der Waals surface area contributed by atoms with Crippen LogP contribution in [0, 0.1) is 0 Å². The highest BCUT2D eigenvalue weighted by atomic mass is 16.6. The number of aromatic nitrogens is 2. The molecule has 0 saturated carbocycles. The van der Waals surface area contributed by atoms with Crippen molar-refractivity contribution in [1.29, 1.82) is 0 Å². The number of carbonyl (C=O) groups excluding carboxylic acids is 1. The molecule has 0 saturated heterocycles. The second-order valence-corrected chi connectivity index (χ2v) is 4.81. The zero-order valence-corrected chi connectivity index (χ0v) is 13.0. The van der Waals surface area contributed by atoms with Gasteiger partial charge in [-0.3, -0.25) is 10.3 Å². The van der Waals surface area contributed by atoms with Gasteiger partial charge in [-0.25, -0.2) is 9.78 Å². The van der Waals surface area contributed by atoms with Crippen LogP contribution in [0.15, 0.2) is 67.0 Å². The van der Waals surface area contributed by atoms with Gasteiger partial charge in [0.15, 0.2) is 5.82 Å². The van der Waals surface area contributed by atoms with Gasteiger partial charge in [0.2, 0.25) is 0 Å². The third-order valence-electron chi connectivity index (χ3n) is 3.22. The maximum absolute atomic E-state index is 11.8. The van der Waals surface area contributed by atoms with Gasteiger partial charge in [-0.15, -0.1) is 0 Å². The van der Waals surface area contributed by atoms with Crippen molar-refractivity contribution in [3.05, 3.63) is 67.0 Å². The van der Waals surface area contributed by atoms with Gasteiger partial charge in [-0.2, -0.15) is 0 Å². The average molecular weight is 321 g/mol. The molecule has 24 heavy (non-hydrogen) atoms. The third-order valence-corrected chi connectivity index (χ3v) is 3.22. The van der Waals surface area contributed by atoms with E-state index in [-0.39, 0.29) is 0 Å². The van der Waals surface area contributed by atoms with Gasteiger partial charge in [0.25, 0.3) is 0 Å². The van der Waals surface area contributed by atoms with Gasteiger partial charge in [-0.1, -0.05) is 30.3 Å². The summed E-state index contributed by atoms with van der Waals surface area (Å²) in [6.07, 6.45) is 2.41. The van der Waals surface area contributed by atoms with E-state index < -0.39 is 6.09 Å². The Morgan fingerprint density at radius 3 is 2.42 bits per heavy atom. The predicted octanol–water partition coefficient (Wildman–Crippen LogP) is 3.76. The maximum atomic E-state index is 11.8. The summed E-state index contributed by atoms with van der Waals surface area (Å²) in [7, 11) is 1.60. The summed E-state index contributed by atoms with van der Waals surface area (Å²) in [4.78, 5) is 20.3. The molecule has 0 atom stereocenters. The van der Waals surface area contributed by atoms with Gasteiger partial charge in [0.1, 0.15) is 11.5 Å². The van der Waals surface area contributed by atoms with E-state index in [2.05, 4.69) is 15.3 Å². The quantitative estimate of drug-likeness (QED) is 0.792. The average Bonchev–Trinajstić information content (AvgIpc) is 2.63. The topological polar surface area (TPSA) is 73.3 Å². The lowest BCUT2D eigenvalue weighted by Gasteiger charge is -2.08. The number of carbonyl (C=O) groups is 1. The Labute approximate surface area is 139 Å². The van der Waals surface area contributed by atoms with Crippen molar-refractivity contribution in [3.8, 4) is 22.8 Å². The summed E-state index contributed by atoms with van der Waals surface area (Å²) in [6.45, 7) is 0. The number of benzene rings is 2. The monoisotopic (exact) mass is 321 g/mol. The smallest absolute Gasteiger partial charge is 0.418 e. The number of nitrogens with one attached hydrogen (secondary N) is 1. The minimum absolute atomic E-state index is 0.301.